The molecule has 0 aromatic heterocycles. The molecule has 1 N–H and O–H groups in total. The largest absolute Gasteiger partial charge is 0.385 e. The van der Waals surface area contributed by atoms with Crippen LogP contribution in [0.15, 0.2) is 0 Å². The van der Waals surface area contributed by atoms with Crippen LogP contribution in [0.2, 0.25) is 0 Å². The Morgan fingerprint density at radius 1 is 1.46 bits per heavy atom. The summed E-state index contributed by atoms with van der Waals surface area (Å²) < 4.78 is 16.4. The van der Waals surface area contributed by atoms with Crippen molar-refractivity contribution in [1.82, 2.24) is 5.32 Å². The van der Waals surface area contributed by atoms with Crippen LogP contribution >= 0.6 is 0 Å². The van der Waals surface area contributed by atoms with Gasteiger partial charge in [-0.05, 0) is 18.8 Å². The molecule has 0 amide bonds. The Kier molecular flexibility index (Phi) is 5.58. The first-order chi connectivity index (χ1) is 6.33. The lowest BCUT2D eigenvalue weighted by Gasteiger charge is -2.26. The van der Waals surface area contributed by atoms with E-state index >= 15 is 0 Å². The summed E-state index contributed by atoms with van der Waals surface area (Å²) in [6, 6.07) is 0. The van der Waals surface area contributed by atoms with E-state index in [1.54, 1.807) is 7.11 Å². The van der Waals surface area contributed by atoms with Crippen LogP contribution in [0.4, 0.5) is 0 Å². The lowest BCUT2D eigenvalue weighted by molar-refractivity contribution is 0.194. The SMILES string of the molecule is COCCCCS(=O)CC1CNC1. The van der Waals surface area contributed by atoms with Crippen LogP contribution in [0.3, 0.4) is 0 Å². The van der Waals surface area contributed by atoms with Crippen LogP contribution in [-0.2, 0) is 15.5 Å². The van der Waals surface area contributed by atoms with Crippen LogP contribution in [0.25, 0.3) is 0 Å². The number of unbranched alkanes of at least 4 members (excludes halogenated alkanes) is 1. The topological polar surface area (TPSA) is 38.3 Å². The first kappa shape index (κ1) is 11.1. The first-order valence-corrected chi connectivity index (χ1v) is 6.36. The van der Waals surface area contributed by atoms with Crippen molar-refractivity contribution < 1.29 is 8.95 Å². The van der Waals surface area contributed by atoms with E-state index in [0.29, 0.717) is 5.92 Å². The highest BCUT2D eigenvalue weighted by Crippen LogP contribution is 2.06. The normalized spacial score (nSPS) is 19.8. The maximum Gasteiger partial charge on any atom is 0.0462 e. The van der Waals surface area contributed by atoms with Crippen molar-refractivity contribution in [3.63, 3.8) is 0 Å². The zero-order valence-electron chi connectivity index (χ0n) is 8.25. The zero-order valence-corrected chi connectivity index (χ0v) is 9.07. The predicted octanol–water partition coefficient (Wildman–Crippen LogP) is 0.381. The lowest BCUT2D eigenvalue weighted by atomic mass is 10.1. The Balaban J connectivity index is 1.91. The molecule has 13 heavy (non-hydrogen) atoms. The van der Waals surface area contributed by atoms with Gasteiger partial charge in [-0.1, -0.05) is 0 Å². The molecule has 0 aromatic carbocycles. The average Bonchev–Trinajstić information content (AvgIpc) is 2.06. The van der Waals surface area contributed by atoms with Crippen molar-refractivity contribution in [2.75, 3.05) is 38.3 Å². The van der Waals surface area contributed by atoms with Crippen molar-refractivity contribution in [3.8, 4) is 0 Å². The van der Waals surface area contributed by atoms with E-state index in [-0.39, 0.29) is 0 Å². The maximum atomic E-state index is 11.5. The minimum atomic E-state index is -0.598. The standard InChI is InChI=1S/C9H19NO2S/c1-12-4-2-3-5-13(11)8-9-6-10-7-9/h9-10H,2-8H2,1H3. The summed E-state index contributed by atoms with van der Waals surface area (Å²) in [5, 5.41) is 3.19. The summed E-state index contributed by atoms with van der Waals surface area (Å²) in [4.78, 5) is 0. The van der Waals surface area contributed by atoms with Gasteiger partial charge in [-0.25, -0.2) is 0 Å². The Bertz CT molecular complexity index is 160. The van der Waals surface area contributed by atoms with Gasteiger partial charge in [-0.3, -0.25) is 4.21 Å². The van der Waals surface area contributed by atoms with Crippen LogP contribution in [0.5, 0.6) is 0 Å². The predicted molar refractivity (Wildman–Crippen MR) is 55.3 cm³/mol. The van der Waals surface area contributed by atoms with E-state index in [4.69, 9.17) is 4.74 Å². The fraction of sp³-hybridized carbons (Fsp3) is 1.00. The second kappa shape index (κ2) is 6.51. The zero-order chi connectivity index (χ0) is 9.52. The van der Waals surface area contributed by atoms with E-state index in [9.17, 15) is 4.21 Å². The molecule has 1 fully saturated rings. The van der Waals surface area contributed by atoms with Crippen molar-refractivity contribution in [2.45, 2.75) is 12.8 Å². The van der Waals surface area contributed by atoms with E-state index in [2.05, 4.69) is 5.32 Å². The minimum Gasteiger partial charge on any atom is -0.385 e. The van der Waals surface area contributed by atoms with Gasteiger partial charge in [0.05, 0.1) is 0 Å². The molecule has 0 bridgehead atoms. The smallest absolute Gasteiger partial charge is 0.0462 e. The van der Waals surface area contributed by atoms with E-state index in [0.717, 1.165) is 44.0 Å². The quantitative estimate of drug-likeness (QED) is 0.611. The number of methoxy groups -OCH3 is 1. The van der Waals surface area contributed by atoms with Gasteiger partial charge in [0.2, 0.25) is 0 Å². The molecule has 1 unspecified atom stereocenters. The van der Waals surface area contributed by atoms with E-state index in [1.807, 2.05) is 0 Å². The average molecular weight is 205 g/mol. The third kappa shape index (κ3) is 4.74. The highest BCUT2D eigenvalue weighted by molar-refractivity contribution is 7.84. The Labute approximate surface area is 82.7 Å². The molecular formula is C9H19NO2S. The molecule has 1 aliphatic rings. The summed E-state index contributed by atoms with van der Waals surface area (Å²) >= 11 is 0. The van der Waals surface area contributed by atoms with Crippen LogP contribution in [0, 0.1) is 5.92 Å². The molecule has 1 aliphatic heterocycles. The molecule has 0 aliphatic carbocycles. The second-order valence-corrected chi connectivity index (χ2v) is 5.16. The third-order valence-electron chi connectivity index (χ3n) is 2.26. The van der Waals surface area contributed by atoms with Gasteiger partial charge < -0.3 is 10.1 Å². The molecule has 1 atom stereocenters. The van der Waals surface area contributed by atoms with Gasteiger partial charge in [0, 0.05) is 49.1 Å². The van der Waals surface area contributed by atoms with Crippen molar-refractivity contribution in [3.05, 3.63) is 0 Å². The molecule has 78 valence electrons. The molecule has 1 heterocycles. The molecule has 3 nitrogen and oxygen atoms in total. The fourth-order valence-corrected chi connectivity index (χ4v) is 2.78. The highest BCUT2D eigenvalue weighted by Gasteiger charge is 2.18. The van der Waals surface area contributed by atoms with Crippen LogP contribution in [0.1, 0.15) is 12.8 Å². The lowest BCUT2D eigenvalue weighted by Crippen LogP contribution is -2.44. The van der Waals surface area contributed by atoms with Crippen molar-refractivity contribution >= 4 is 10.8 Å². The first-order valence-electron chi connectivity index (χ1n) is 4.87. The Morgan fingerprint density at radius 3 is 2.77 bits per heavy atom. The highest BCUT2D eigenvalue weighted by atomic mass is 32.2. The van der Waals surface area contributed by atoms with Crippen LogP contribution < -0.4 is 5.32 Å². The van der Waals surface area contributed by atoms with Crippen molar-refractivity contribution in [2.24, 2.45) is 5.92 Å². The minimum absolute atomic E-state index is 0.598. The molecule has 0 saturated carbocycles. The summed E-state index contributed by atoms with van der Waals surface area (Å²) in [6.07, 6.45) is 2.06. The van der Waals surface area contributed by atoms with Gasteiger partial charge in [-0.15, -0.1) is 0 Å². The fourth-order valence-electron chi connectivity index (χ4n) is 1.32. The monoisotopic (exact) mass is 205 g/mol. The molecule has 0 radical (unpaired) electrons. The van der Waals surface area contributed by atoms with Gasteiger partial charge in [-0.2, -0.15) is 0 Å². The second-order valence-electron chi connectivity index (χ2n) is 3.53. The van der Waals surface area contributed by atoms with Gasteiger partial charge in [0.15, 0.2) is 0 Å². The molecular weight excluding hydrogens is 186 g/mol. The Hall–Kier alpha value is 0.0700. The van der Waals surface area contributed by atoms with Gasteiger partial charge >= 0.3 is 0 Å². The Morgan fingerprint density at radius 2 is 2.23 bits per heavy atom. The number of hydrogen-bond donors (Lipinski definition) is 1. The summed E-state index contributed by atoms with van der Waals surface area (Å²) in [6.45, 7) is 2.91. The number of hydrogen-bond acceptors (Lipinski definition) is 3. The summed E-state index contributed by atoms with van der Waals surface area (Å²) in [5.41, 5.74) is 0. The number of rotatable bonds is 7. The van der Waals surface area contributed by atoms with Crippen molar-refractivity contribution in [1.29, 1.82) is 0 Å². The number of ether oxygens (including phenoxy) is 1. The summed E-state index contributed by atoms with van der Waals surface area (Å²) in [5.74, 6) is 2.41. The molecule has 4 heteroatoms. The molecule has 0 aromatic rings. The molecule has 1 saturated heterocycles. The van der Waals surface area contributed by atoms with Gasteiger partial charge in [0.25, 0.3) is 0 Å². The maximum absolute atomic E-state index is 11.5. The van der Waals surface area contributed by atoms with Crippen LogP contribution in [-0.4, -0.2) is 42.5 Å². The number of nitrogens with one attached hydrogen (secondary N) is 1. The molecule has 0 spiro atoms. The van der Waals surface area contributed by atoms with E-state index in [1.165, 1.54) is 0 Å². The third-order valence-corrected chi connectivity index (χ3v) is 3.85. The van der Waals surface area contributed by atoms with E-state index < -0.39 is 10.8 Å². The molecule has 1 rings (SSSR count). The van der Waals surface area contributed by atoms with Gasteiger partial charge in [0.1, 0.15) is 0 Å². The summed E-state index contributed by atoms with van der Waals surface area (Å²) in [7, 11) is 1.11.